The minimum atomic E-state index is -0.662. The van der Waals surface area contributed by atoms with Gasteiger partial charge in [-0.05, 0) is 25.7 Å². The summed E-state index contributed by atoms with van der Waals surface area (Å²) in [6.45, 7) is 0.640. The van der Waals surface area contributed by atoms with Crippen LogP contribution in [0.5, 0.6) is 0 Å². The van der Waals surface area contributed by atoms with Crippen molar-refractivity contribution in [1.82, 2.24) is 0 Å². The number of hydrogen-bond donors (Lipinski definition) is 2. The van der Waals surface area contributed by atoms with Crippen LogP contribution >= 0.6 is 0 Å². The van der Waals surface area contributed by atoms with Gasteiger partial charge in [-0.3, -0.25) is 0 Å². The van der Waals surface area contributed by atoms with Crippen LogP contribution in [0.4, 0.5) is 0 Å². The van der Waals surface area contributed by atoms with E-state index in [1.165, 1.54) is 64.2 Å². The Bertz CT molecular complexity index is 286. The molecule has 2 fully saturated rings. The van der Waals surface area contributed by atoms with E-state index in [4.69, 9.17) is 9.47 Å². The van der Waals surface area contributed by atoms with Crippen molar-refractivity contribution in [3.63, 3.8) is 0 Å². The number of aliphatic hydroxyl groups is 2. The molecule has 4 heteroatoms. The van der Waals surface area contributed by atoms with Gasteiger partial charge in [0.15, 0.2) is 0 Å². The summed E-state index contributed by atoms with van der Waals surface area (Å²) in [6, 6.07) is 0. The van der Waals surface area contributed by atoms with E-state index in [1.807, 2.05) is 0 Å². The third kappa shape index (κ3) is 7.94. The number of rotatable bonds is 8. The molecule has 0 unspecified atom stereocenters. The third-order valence-corrected chi connectivity index (χ3v) is 6.03. The van der Waals surface area contributed by atoms with Crippen LogP contribution in [0.15, 0.2) is 0 Å². The molecule has 25 heavy (non-hydrogen) atoms. The van der Waals surface area contributed by atoms with Gasteiger partial charge in [0.05, 0.1) is 44.1 Å². The molecule has 0 radical (unpaired) electrons. The highest BCUT2D eigenvalue weighted by Gasteiger charge is 2.32. The fraction of sp³-hybridized carbons (Fsp3) is 1.00. The van der Waals surface area contributed by atoms with Crippen LogP contribution < -0.4 is 0 Å². The molecule has 0 heterocycles. The topological polar surface area (TPSA) is 58.9 Å². The van der Waals surface area contributed by atoms with Crippen molar-refractivity contribution in [3.05, 3.63) is 0 Å². The summed E-state index contributed by atoms with van der Waals surface area (Å²) in [4.78, 5) is 0. The maximum Gasteiger partial charge on any atom is 0.0632 e. The fourth-order valence-corrected chi connectivity index (χ4v) is 4.03. The minimum absolute atomic E-state index is 0.0804. The van der Waals surface area contributed by atoms with E-state index < -0.39 is 5.41 Å². The molecular formula is C21H40O4. The maximum atomic E-state index is 9.92. The molecule has 2 aliphatic rings. The summed E-state index contributed by atoms with van der Waals surface area (Å²) in [7, 11) is 0. The summed E-state index contributed by atoms with van der Waals surface area (Å²) in [5, 5.41) is 19.8. The predicted molar refractivity (Wildman–Crippen MR) is 101 cm³/mol. The Hall–Kier alpha value is -0.160. The Morgan fingerprint density at radius 3 is 1.20 bits per heavy atom. The van der Waals surface area contributed by atoms with Crippen molar-refractivity contribution in [1.29, 1.82) is 0 Å². The lowest BCUT2D eigenvalue weighted by Crippen LogP contribution is -2.42. The monoisotopic (exact) mass is 356 g/mol. The molecular weight excluding hydrogens is 316 g/mol. The van der Waals surface area contributed by atoms with Gasteiger partial charge in [-0.2, -0.15) is 0 Å². The number of hydrogen-bond acceptors (Lipinski definition) is 4. The molecule has 148 valence electrons. The van der Waals surface area contributed by atoms with Crippen LogP contribution in [-0.2, 0) is 9.47 Å². The Labute approximate surface area is 154 Å². The minimum Gasteiger partial charge on any atom is -0.396 e. The second kappa shape index (κ2) is 12.3. The molecule has 2 aliphatic carbocycles. The zero-order valence-corrected chi connectivity index (χ0v) is 16.1. The Balaban J connectivity index is 1.79. The van der Waals surface area contributed by atoms with E-state index in [1.54, 1.807) is 0 Å². The van der Waals surface area contributed by atoms with Crippen LogP contribution in [0.3, 0.4) is 0 Å². The van der Waals surface area contributed by atoms with E-state index >= 15 is 0 Å². The highest BCUT2D eigenvalue weighted by molar-refractivity contribution is 4.79. The van der Waals surface area contributed by atoms with Crippen LogP contribution in [0.25, 0.3) is 0 Å². The quantitative estimate of drug-likeness (QED) is 0.684. The highest BCUT2D eigenvalue weighted by Crippen LogP contribution is 2.26. The lowest BCUT2D eigenvalue weighted by atomic mass is 9.91. The summed E-state index contributed by atoms with van der Waals surface area (Å²) >= 11 is 0. The van der Waals surface area contributed by atoms with Crippen molar-refractivity contribution in [3.8, 4) is 0 Å². The van der Waals surface area contributed by atoms with Crippen LogP contribution in [0.2, 0.25) is 0 Å². The maximum absolute atomic E-state index is 9.92. The molecule has 0 aromatic carbocycles. The number of ether oxygens (including phenoxy) is 2. The fourth-order valence-electron chi connectivity index (χ4n) is 4.03. The first-order valence-corrected chi connectivity index (χ1v) is 10.7. The molecule has 2 rings (SSSR count). The molecule has 0 saturated heterocycles. The molecule has 2 N–H and O–H groups in total. The van der Waals surface area contributed by atoms with Gasteiger partial charge in [0.1, 0.15) is 0 Å². The third-order valence-electron chi connectivity index (χ3n) is 6.03. The first-order chi connectivity index (χ1) is 12.3. The molecule has 0 aliphatic heterocycles. The van der Waals surface area contributed by atoms with Crippen molar-refractivity contribution in [2.75, 3.05) is 26.4 Å². The number of aliphatic hydroxyl groups excluding tert-OH is 2. The van der Waals surface area contributed by atoms with Gasteiger partial charge in [0, 0.05) is 0 Å². The van der Waals surface area contributed by atoms with Gasteiger partial charge in [0.25, 0.3) is 0 Å². The largest absolute Gasteiger partial charge is 0.396 e. The van der Waals surface area contributed by atoms with Gasteiger partial charge in [-0.25, -0.2) is 0 Å². The summed E-state index contributed by atoms with van der Waals surface area (Å²) in [6.07, 6.45) is 17.8. The van der Waals surface area contributed by atoms with Crippen molar-refractivity contribution >= 4 is 0 Å². The van der Waals surface area contributed by atoms with Crippen molar-refractivity contribution in [2.45, 2.75) is 102 Å². The molecule has 2 saturated carbocycles. The van der Waals surface area contributed by atoms with Gasteiger partial charge in [-0.1, -0.05) is 64.2 Å². The lowest BCUT2D eigenvalue weighted by Gasteiger charge is -2.33. The molecule has 0 atom stereocenters. The van der Waals surface area contributed by atoms with Crippen LogP contribution in [0.1, 0.15) is 89.9 Å². The van der Waals surface area contributed by atoms with Gasteiger partial charge in [-0.15, -0.1) is 0 Å². The Morgan fingerprint density at radius 1 is 0.560 bits per heavy atom. The van der Waals surface area contributed by atoms with E-state index in [9.17, 15) is 10.2 Å². The SMILES string of the molecule is OCC(CO)(COC1CCCCCCC1)COC1CCCCCCC1. The van der Waals surface area contributed by atoms with Crippen LogP contribution in [-0.4, -0.2) is 48.8 Å². The van der Waals surface area contributed by atoms with E-state index in [0.717, 1.165) is 25.7 Å². The van der Waals surface area contributed by atoms with Gasteiger partial charge < -0.3 is 19.7 Å². The predicted octanol–water partition coefficient (Wildman–Crippen LogP) is 4.22. The Kier molecular flexibility index (Phi) is 10.4. The average Bonchev–Trinajstić information content (AvgIpc) is 2.58. The molecule has 0 aromatic heterocycles. The summed E-state index contributed by atoms with van der Waals surface area (Å²) in [5.74, 6) is 0. The zero-order valence-electron chi connectivity index (χ0n) is 16.1. The van der Waals surface area contributed by atoms with Gasteiger partial charge >= 0.3 is 0 Å². The first-order valence-electron chi connectivity index (χ1n) is 10.7. The van der Waals surface area contributed by atoms with Crippen molar-refractivity contribution < 1.29 is 19.7 Å². The molecule has 0 aromatic rings. The summed E-state index contributed by atoms with van der Waals surface area (Å²) in [5.41, 5.74) is -0.662. The van der Waals surface area contributed by atoms with E-state index in [2.05, 4.69) is 0 Å². The standard InChI is InChI=1S/C21H40O4/c22-15-21(16-23,17-24-19-11-7-3-1-4-8-12-19)18-25-20-13-9-5-2-6-10-14-20/h19-20,22-23H,1-18H2. The van der Waals surface area contributed by atoms with E-state index in [0.29, 0.717) is 13.2 Å². The second-order valence-electron chi connectivity index (χ2n) is 8.37. The molecule has 0 spiro atoms. The van der Waals surface area contributed by atoms with Gasteiger partial charge in [0.2, 0.25) is 0 Å². The molecule has 4 nitrogen and oxygen atoms in total. The average molecular weight is 357 g/mol. The summed E-state index contributed by atoms with van der Waals surface area (Å²) < 4.78 is 12.3. The van der Waals surface area contributed by atoms with E-state index in [-0.39, 0.29) is 25.4 Å². The highest BCUT2D eigenvalue weighted by atomic mass is 16.5. The zero-order chi connectivity index (χ0) is 17.8. The molecule has 0 bridgehead atoms. The molecule has 0 amide bonds. The lowest BCUT2D eigenvalue weighted by molar-refractivity contribution is -0.114. The Morgan fingerprint density at radius 2 is 0.880 bits per heavy atom. The smallest absolute Gasteiger partial charge is 0.0632 e. The van der Waals surface area contributed by atoms with Crippen molar-refractivity contribution in [2.24, 2.45) is 5.41 Å². The first kappa shape index (κ1) is 21.1. The normalized spacial score (nSPS) is 22.8. The second-order valence-corrected chi connectivity index (χ2v) is 8.37. The van der Waals surface area contributed by atoms with Crippen LogP contribution in [0, 0.1) is 5.41 Å².